The highest BCUT2D eigenvalue weighted by atomic mass is 35.5. The Morgan fingerprint density at radius 2 is 1.94 bits per heavy atom. The highest BCUT2D eigenvalue weighted by Crippen LogP contribution is 2.42. The van der Waals surface area contributed by atoms with E-state index in [4.69, 9.17) is 28.2 Å². The van der Waals surface area contributed by atoms with E-state index in [1.807, 2.05) is 48.7 Å². The lowest BCUT2D eigenvalue weighted by Gasteiger charge is -2.27. The number of thiocarbonyl (C=S) groups is 1. The van der Waals surface area contributed by atoms with Gasteiger partial charge in [0.2, 0.25) is 0 Å². The molecule has 1 saturated heterocycles. The van der Waals surface area contributed by atoms with Gasteiger partial charge in [0.05, 0.1) is 30.6 Å². The quantitative estimate of drug-likeness (QED) is 0.346. The fraction of sp³-hybridized carbons (Fsp3) is 0.231. The van der Waals surface area contributed by atoms with Crippen molar-refractivity contribution < 1.29 is 4.42 Å². The first-order chi connectivity index (χ1) is 16.0. The van der Waals surface area contributed by atoms with Crippen molar-refractivity contribution in [1.82, 2.24) is 19.8 Å². The summed E-state index contributed by atoms with van der Waals surface area (Å²) in [5, 5.41) is 4.97. The lowest BCUT2D eigenvalue weighted by atomic mass is 9.96. The van der Waals surface area contributed by atoms with Gasteiger partial charge in [0.15, 0.2) is 5.11 Å². The van der Waals surface area contributed by atoms with E-state index < -0.39 is 0 Å². The SMILES string of the molecule is Cc1c(Cl)cccc1-n1c(C)cc([C@@H]2[C@@H](c3ccccn3)NC(=S)N2Cc2ccco2)c1C. The van der Waals surface area contributed by atoms with Gasteiger partial charge in [-0.3, -0.25) is 4.98 Å². The van der Waals surface area contributed by atoms with E-state index in [-0.39, 0.29) is 12.1 Å². The maximum absolute atomic E-state index is 6.46. The molecule has 4 aromatic rings. The van der Waals surface area contributed by atoms with Gasteiger partial charge in [0.1, 0.15) is 5.76 Å². The fourth-order valence-electron chi connectivity index (χ4n) is 4.78. The molecule has 0 spiro atoms. The summed E-state index contributed by atoms with van der Waals surface area (Å²) in [6.45, 7) is 6.92. The second kappa shape index (κ2) is 8.69. The summed E-state index contributed by atoms with van der Waals surface area (Å²) in [5.41, 5.74) is 6.59. The summed E-state index contributed by atoms with van der Waals surface area (Å²) >= 11 is 12.3. The van der Waals surface area contributed by atoms with Crippen LogP contribution >= 0.6 is 23.8 Å². The number of pyridine rings is 1. The number of halogens is 1. The first-order valence-electron chi connectivity index (χ1n) is 10.9. The molecule has 7 heteroatoms. The van der Waals surface area contributed by atoms with E-state index in [2.05, 4.69) is 52.7 Å². The molecule has 33 heavy (non-hydrogen) atoms. The third-order valence-electron chi connectivity index (χ3n) is 6.37. The van der Waals surface area contributed by atoms with Crippen LogP contribution in [0.15, 0.2) is 71.5 Å². The smallest absolute Gasteiger partial charge is 0.170 e. The Hall–Kier alpha value is -3.09. The molecule has 0 aliphatic carbocycles. The number of hydrogen-bond donors (Lipinski definition) is 1. The van der Waals surface area contributed by atoms with Gasteiger partial charge in [-0.05, 0) is 86.6 Å². The van der Waals surface area contributed by atoms with Crippen molar-refractivity contribution in [3.8, 4) is 5.69 Å². The molecule has 0 radical (unpaired) electrons. The minimum Gasteiger partial charge on any atom is -0.467 e. The van der Waals surface area contributed by atoms with E-state index in [0.717, 1.165) is 39.1 Å². The zero-order valence-electron chi connectivity index (χ0n) is 18.7. The van der Waals surface area contributed by atoms with Gasteiger partial charge in [-0.1, -0.05) is 23.7 Å². The number of benzene rings is 1. The maximum Gasteiger partial charge on any atom is 0.170 e. The highest BCUT2D eigenvalue weighted by molar-refractivity contribution is 7.80. The van der Waals surface area contributed by atoms with E-state index in [1.54, 1.807) is 6.26 Å². The van der Waals surface area contributed by atoms with E-state index in [0.29, 0.717) is 11.7 Å². The fourth-order valence-corrected chi connectivity index (χ4v) is 5.26. The monoisotopic (exact) mass is 476 g/mol. The Bertz CT molecular complexity index is 1300. The van der Waals surface area contributed by atoms with Crippen LogP contribution in [-0.2, 0) is 6.54 Å². The number of nitrogens with zero attached hydrogens (tertiary/aromatic N) is 3. The molecule has 2 atom stereocenters. The van der Waals surface area contributed by atoms with Crippen LogP contribution < -0.4 is 5.32 Å². The molecule has 168 valence electrons. The third kappa shape index (κ3) is 3.83. The van der Waals surface area contributed by atoms with Crippen molar-refractivity contribution >= 4 is 28.9 Å². The van der Waals surface area contributed by atoms with Gasteiger partial charge in [0, 0.05) is 28.3 Å². The summed E-state index contributed by atoms with van der Waals surface area (Å²) in [4.78, 5) is 6.85. The van der Waals surface area contributed by atoms with Crippen LogP contribution in [0.2, 0.25) is 5.02 Å². The summed E-state index contributed by atoms with van der Waals surface area (Å²) < 4.78 is 7.94. The average Bonchev–Trinajstić information content (AvgIpc) is 3.51. The van der Waals surface area contributed by atoms with Crippen LogP contribution in [0.4, 0.5) is 0 Å². The Morgan fingerprint density at radius 3 is 2.67 bits per heavy atom. The molecule has 0 amide bonds. The standard InChI is InChI=1S/C26H25ClN4OS/c1-16-14-20(18(3)31(16)23-11-6-9-21(27)17(23)2)25-24(22-10-4-5-12-28-22)29-26(33)30(25)15-19-8-7-13-32-19/h4-14,24-25H,15H2,1-3H3,(H,29,33)/t24-,25-/m1/s1. The summed E-state index contributed by atoms with van der Waals surface area (Å²) in [6, 6.07) is 18.0. The minimum absolute atomic E-state index is 0.0445. The van der Waals surface area contributed by atoms with Gasteiger partial charge in [0.25, 0.3) is 0 Å². The molecule has 1 aliphatic rings. The predicted octanol–water partition coefficient (Wildman–Crippen LogP) is 6.22. The van der Waals surface area contributed by atoms with Gasteiger partial charge in [-0.2, -0.15) is 0 Å². The molecular weight excluding hydrogens is 452 g/mol. The zero-order chi connectivity index (χ0) is 23.1. The summed E-state index contributed by atoms with van der Waals surface area (Å²) in [5.74, 6) is 0.866. The van der Waals surface area contributed by atoms with E-state index in [1.165, 1.54) is 5.56 Å². The third-order valence-corrected chi connectivity index (χ3v) is 7.13. The molecule has 1 N–H and O–H groups in total. The molecule has 1 aromatic carbocycles. The van der Waals surface area contributed by atoms with Crippen molar-refractivity contribution in [3.63, 3.8) is 0 Å². The van der Waals surface area contributed by atoms with Crippen LogP contribution in [0.25, 0.3) is 5.69 Å². The molecule has 5 rings (SSSR count). The first kappa shape index (κ1) is 21.7. The molecule has 4 heterocycles. The first-order valence-corrected chi connectivity index (χ1v) is 11.7. The Kier molecular flexibility index (Phi) is 5.72. The Labute approximate surface area is 204 Å². The molecule has 0 bridgehead atoms. The number of aromatic nitrogens is 2. The van der Waals surface area contributed by atoms with Crippen LogP contribution in [-0.4, -0.2) is 19.6 Å². The largest absolute Gasteiger partial charge is 0.467 e. The Balaban J connectivity index is 1.65. The number of furan rings is 1. The second-order valence-electron chi connectivity index (χ2n) is 8.38. The topological polar surface area (TPSA) is 46.2 Å². The van der Waals surface area contributed by atoms with Crippen LogP contribution in [0.3, 0.4) is 0 Å². The molecule has 3 aromatic heterocycles. The van der Waals surface area contributed by atoms with Gasteiger partial charge in [-0.25, -0.2) is 0 Å². The molecule has 1 aliphatic heterocycles. The Morgan fingerprint density at radius 1 is 1.09 bits per heavy atom. The van der Waals surface area contributed by atoms with Gasteiger partial charge in [-0.15, -0.1) is 0 Å². The number of hydrogen-bond acceptors (Lipinski definition) is 3. The van der Waals surface area contributed by atoms with Crippen molar-refractivity contribution in [3.05, 3.63) is 106 Å². The van der Waals surface area contributed by atoms with Crippen LogP contribution in [0, 0.1) is 20.8 Å². The molecule has 5 nitrogen and oxygen atoms in total. The second-order valence-corrected chi connectivity index (χ2v) is 9.17. The number of nitrogens with one attached hydrogen (secondary N) is 1. The number of rotatable bonds is 5. The minimum atomic E-state index is -0.0805. The maximum atomic E-state index is 6.46. The molecule has 1 fully saturated rings. The van der Waals surface area contributed by atoms with E-state index in [9.17, 15) is 0 Å². The summed E-state index contributed by atoms with van der Waals surface area (Å²) in [6.07, 6.45) is 3.52. The van der Waals surface area contributed by atoms with Crippen molar-refractivity contribution in [1.29, 1.82) is 0 Å². The van der Waals surface area contributed by atoms with Crippen molar-refractivity contribution in [2.75, 3.05) is 0 Å². The van der Waals surface area contributed by atoms with Gasteiger partial charge < -0.3 is 19.2 Å². The van der Waals surface area contributed by atoms with Crippen molar-refractivity contribution in [2.45, 2.75) is 39.4 Å². The van der Waals surface area contributed by atoms with Crippen LogP contribution in [0.5, 0.6) is 0 Å². The highest BCUT2D eigenvalue weighted by Gasteiger charge is 2.41. The van der Waals surface area contributed by atoms with Crippen molar-refractivity contribution in [2.24, 2.45) is 0 Å². The normalized spacial score (nSPS) is 18.1. The van der Waals surface area contributed by atoms with Crippen LogP contribution in [0.1, 0.15) is 46.1 Å². The molecular formula is C26H25ClN4OS. The lowest BCUT2D eigenvalue weighted by molar-refractivity contribution is 0.286. The summed E-state index contributed by atoms with van der Waals surface area (Å²) in [7, 11) is 0. The molecule has 0 saturated carbocycles. The average molecular weight is 477 g/mol. The van der Waals surface area contributed by atoms with Gasteiger partial charge >= 0.3 is 0 Å². The van der Waals surface area contributed by atoms with E-state index >= 15 is 0 Å². The number of aryl methyl sites for hydroxylation is 1. The molecule has 0 unspecified atom stereocenters. The predicted molar refractivity (Wildman–Crippen MR) is 135 cm³/mol. The zero-order valence-corrected chi connectivity index (χ0v) is 20.3. The lowest BCUT2D eigenvalue weighted by Crippen LogP contribution is -2.29.